The van der Waals surface area contributed by atoms with Gasteiger partial charge in [-0.15, -0.1) is 0 Å². The van der Waals surface area contributed by atoms with Gasteiger partial charge in [0.25, 0.3) is 0 Å². The number of ether oxygens (including phenoxy) is 2. The van der Waals surface area contributed by atoms with Crippen molar-refractivity contribution in [1.29, 1.82) is 0 Å². The summed E-state index contributed by atoms with van der Waals surface area (Å²) in [6.07, 6.45) is 77.1. The summed E-state index contributed by atoms with van der Waals surface area (Å²) >= 11 is 0. The molecule has 0 radical (unpaired) electrons. The Labute approximate surface area is 439 Å². The van der Waals surface area contributed by atoms with E-state index < -0.39 is 6.10 Å². The Hall–Kier alpha value is -1.10. The molecule has 0 aliphatic rings. The topological polar surface area (TPSA) is 72.8 Å². The quantitative estimate of drug-likeness (QED) is 0.0486. The van der Waals surface area contributed by atoms with Crippen LogP contribution in [0.15, 0.2) is 0 Å². The van der Waals surface area contributed by atoms with Gasteiger partial charge in [-0.2, -0.15) is 0 Å². The van der Waals surface area contributed by atoms with E-state index in [1.807, 2.05) is 0 Å². The van der Waals surface area contributed by atoms with Crippen molar-refractivity contribution in [2.45, 2.75) is 392 Å². The molecular weight excluding hydrogens is 861 g/mol. The first-order valence-electron chi connectivity index (χ1n) is 32.6. The number of hydrogen-bond acceptors (Lipinski definition) is 5. The first-order chi connectivity index (χ1) is 34.6. The highest BCUT2D eigenvalue weighted by atomic mass is 16.6. The highest BCUT2D eigenvalue weighted by Crippen LogP contribution is 2.19. The van der Waals surface area contributed by atoms with Crippen molar-refractivity contribution >= 4 is 11.9 Å². The first-order valence-corrected chi connectivity index (χ1v) is 32.6. The SMILES string of the molecule is CCCCCCCCCCCCCCCCCCCCCCCCCCCCCCCCCCCCCCCCC(=O)OC(CO)COC(=O)CCCCCCCCCCCCCCCCCCCC. The molecule has 0 rings (SSSR count). The van der Waals surface area contributed by atoms with Gasteiger partial charge in [0, 0.05) is 12.8 Å². The minimum absolute atomic E-state index is 0.0557. The number of carbonyl (C=O) groups is 2. The molecular formula is C65H128O5. The molecule has 0 heterocycles. The zero-order chi connectivity index (χ0) is 50.6. The van der Waals surface area contributed by atoms with Gasteiger partial charge in [0.05, 0.1) is 6.61 Å². The predicted octanol–water partition coefficient (Wildman–Crippen LogP) is 22.1. The maximum atomic E-state index is 12.3. The molecule has 0 fully saturated rings. The summed E-state index contributed by atoms with van der Waals surface area (Å²) in [6.45, 7) is 4.21. The second kappa shape index (κ2) is 62.2. The van der Waals surface area contributed by atoms with E-state index in [1.54, 1.807) is 0 Å². The number of rotatable bonds is 62. The van der Waals surface area contributed by atoms with Crippen molar-refractivity contribution in [3.8, 4) is 0 Å². The lowest BCUT2D eigenvalue weighted by Gasteiger charge is -2.15. The standard InChI is InChI=1S/C65H128O5/c1-3-5-7-9-11-13-15-17-19-21-23-24-25-26-27-28-29-30-31-32-33-34-35-36-37-38-39-40-41-42-44-46-48-50-52-54-56-58-60-65(68)70-63(61-66)62-69-64(67)59-57-55-53-51-49-47-45-43-22-20-18-16-14-12-10-8-6-4-2/h63,66H,3-62H2,1-2H3. The van der Waals surface area contributed by atoms with Gasteiger partial charge in [-0.05, 0) is 12.8 Å². The Morgan fingerprint density at radius 2 is 0.443 bits per heavy atom. The normalized spacial score (nSPS) is 12.0. The maximum absolute atomic E-state index is 12.3. The second-order valence-corrected chi connectivity index (χ2v) is 22.6. The molecule has 418 valence electrons. The predicted molar refractivity (Wildman–Crippen MR) is 307 cm³/mol. The van der Waals surface area contributed by atoms with Gasteiger partial charge in [0.15, 0.2) is 6.10 Å². The molecule has 0 aliphatic carbocycles. The summed E-state index contributed by atoms with van der Waals surface area (Å²) in [5.74, 6) is -0.562. The number of unbranched alkanes of at least 4 members (excludes halogenated alkanes) is 54. The highest BCUT2D eigenvalue weighted by molar-refractivity contribution is 5.70. The van der Waals surface area contributed by atoms with Crippen LogP contribution in [0, 0.1) is 0 Å². The third-order valence-electron chi connectivity index (χ3n) is 15.4. The molecule has 0 aromatic rings. The smallest absolute Gasteiger partial charge is 0.306 e. The Morgan fingerprint density at radius 1 is 0.271 bits per heavy atom. The number of aliphatic hydroxyl groups is 1. The van der Waals surface area contributed by atoms with Gasteiger partial charge in [-0.1, -0.05) is 361 Å². The van der Waals surface area contributed by atoms with E-state index >= 15 is 0 Å². The summed E-state index contributed by atoms with van der Waals surface area (Å²) in [5.41, 5.74) is 0. The van der Waals surface area contributed by atoms with E-state index in [-0.39, 0.29) is 25.2 Å². The van der Waals surface area contributed by atoms with Gasteiger partial charge in [0.1, 0.15) is 6.61 Å². The van der Waals surface area contributed by atoms with Gasteiger partial charge < -0.3 is 14.6 Å². The van der Waals surface area contributed by atoms with Crippen LogP contribution < -0.4 is 0 Å². The number of esters is 2. The molecule has 0 spiro atoms. The molecule has 0 saturated carbocycles. The average molecular weight is 990 g/mol. The van der Waals surface area contributed by atoms with E-state index in [9.17, 15) is 14.7 Å². The van der Waals surface area contributed by atoms with Crippen LogP contribution in [-0.4, -0.2) is 36.4 Å². The number of hydrogen-bond donors (Lipinski definition) is 1. The van der Waals surface area contributed by atoms with Gasteiger partial charge in [-0.3, -0.25) is 9.59 Å². The molecule has 0 aromatic heterocycles. The molecule has 0 amide bonds. The third-order valence-corrected chi connectivity index (χ3v) is 15.4. The molecule has 1 unspecified atom stereocenters. The lowest BCUT2D eigenvalue weighted by atomic mass is 10.0. The maximum Gasteiger partial charge on any atom is 0.306 e. The van der Waals surface area contributed by atoms with E-state index in [4.69, 9.17) is 9.47 Å². The summed E-state index contributed by atoms with van der Waals surface area (Å²) in [5, 5.41) is 9.66. The van der Waals surface area contributed by atoms with Crippen molar-refractivity contribution < 1.29 is 24.2 Å². The van der Waals surface area contributed by atoms with Crippen LogP contribution in [0.2, 0.25) is 0 Å². The summed E-state index contributed by atoms with van der Waals surface area (Å²) in [4.78, 5) is 24.5. The lowest BCUT2D eigenvalue weighted by Crippen LogP contribution is -2.28. The summed E-state index contributed by atoms with van der Waals surface area (Å²) in [7, 11) is 0. The molecule has 70 heavy (non-hydrogen) atoms. The summed E-state index contributed by atoms with van der Waals surface area (Å²) in [6, 6.07) is 0. The van der Waals surface area contributed by atoms with E-state index in [1.165, 1.54) is 327 Å². The monoisotopic (exact) mass is 989 g/mol. The molecule has 1 atom stereocenters. The van der Waals surface area contributed by atoms with Crippen molar-refractivity contribution in [2.75, 3.05) is 13.2 Å². The third kappa shape index (κ3) is 59.5. The fourth-order valence-electron chi connectivity index (χ4n) is 10.5. The van der Waals surface area contributed by atoms with E-state index in [2.05, 4.69) is 13.8 Å². The minimum atomic E-state index is -0.764. The molecule has 5 heteroatoms. The zero-order valence-corrected chi connectivity index (χ0v) is 48.1. The van der Waals surface area contributed by atoms with Crippen LogP contribution in [0.1, 0.15) is 386 Å². The Morgan fingerprint density at radius 3 is 0.629 bits per heavy atom. The van der Waals surface area contributed by atoms with Crippen LogP contribution in [-0.2, 0) is 19.1 Å². The van der Waals surface area contributed by atoms with Gasteiger partial charge >= 0.3 is 11.9 Å². The van der Waals surface area contributed by atoms with Crippen LogP contribution in [0.25, 0.3) is 0 Å². The molecule has 0 bridgehead atoms. The van der Waals surface area contributed by atoms with Crippen LogP contribution in [0.3, 0.4) is 0 Å². The minimum Gasteiger partial charge on any atom is -0.462 e. The van der Waals surface area contributed by atoms with Crippen LogP contribution in [0.5, 0.6) is 0 Å². The van der Waals surface area contributed by atoms with E-state index in [0.717, 1.165) is 32.1 Å². The zero-order valence-electron chi connectivity index (χ0n) is 48.1. The fourth-order valence-corrected chi connectivity index (χ4v) is 10.5. The number of carbonyl (C=O) groups excluding carboxylic acids is 2. The van der Waals surface area contributed by atoms with Gasteiger partial charge in [0.2, 0.25) is 0 Å². The second-order valence-electron chi connectivity index (χ2n) is 22.6. The largest absolute Gasteiger partial charge is 0.462 e. The summed E-state index contributed by atoms with van der Waals surface area (Å²) < 4.78 is 10.7. The van der Waals surface area contributed by atoms with Crippen LogP contribution in [0.4, 0.5) is 0 Å². The Kier molecular flexibility index (Phi) is 61.2. The fraction of sp³-hybridized carbons (Fsp3) is 0.969. The Bertz CT molecular complexity index is 983. The van der Waals surface area contributed by atoms with Crippen molar-refractivity contribution in [2.24, 2.45) is 0 Å². The molecule has 0 aliphatic heterocycles. The first kappa shape index (κ1) is 68.9. The molecule has 1 N–H and O–H groups in total. The van der Waals surface area contributed by atoms with Crippen molar-refractivity contribution in [3.63, 3.8) is 0 Å². The van der Waals surface area contributed by atoms with E-state index in [0.29, 0.717) is 12.8 Å². The van der Waals surface area contributed by atoms with Crippen LogP contribution >= 0.6 is 0 Å². The molecule has 5 nitrogen and oxygen atoms in total. The van der Waals surface area contributed by atoms with Crippen molar-refractivity contribution in [1.82, 2.24) is 0 Å². The molecule has 0 aromatic carbocycles. The molecule has 0 saturated heterocycles. The average Bonchev–Trinajstić information content (AvgIpc) is 3.36. The lowest BCUT2D eigenvalue weighted by molar-refractivity contribution is -0.161. The van der Waals surface area contributed by atoms with Gasteiger partial charge in [-0.25, -0.2) is 0 Å². The number of aliphatic hydroxyl groups excluding tert-OH is 1. The highest BCUT2D eigenvalue weighted by Gasteiger charge is 2.16. The van der Waals surface area contributed by atoms with Crippen molar-refractivity contribution in [3.05, 3.63) is 0 Å². The Balaban J connectivity index is 3.33.